The third kappa shape index (κ3) is 5.11. The van der Waals surface area contributed by atoms with Crippen LogP contribution in [0.25, 0.3) is 0 Å². The van der Waals surface area contributed by atoms with Gasteiger partial charge in [-0.25, -0.2) is 0 Å². The van der Waals surface area contributed by atoms with Crippen molar-refractivity contribution in [2.75, 3.05) is 30.3 Å². The number of nitrogens with zero attached hydrogens (tertiary/aromatic N) is 1. The maximum Gasteiger partial charge on any atom is 0.242 e. The van der Waals surface area contributed by atoms with Crippen molar-refractivity contribution in [1.82, 2.24) is 4.90 Å². The van der Waals surface area contributed by atoms with Gasteiger partial charge in [0.2, 0.25) is 11.8 Å². The number of hydrogen-bond donors (Lipinski definition) is 2. The lowest BCUT2D eigenvalue weighted by Crippen LogP contribution is -2.49. The highest BCUT2D eigenvalue weighted by Gasteiger charge is 2.25. The molecule has 23 heavy (non-hydrogen) atoms. The third-order valence-electron chi connectivity index (χ3n) is 3.49. The van der Waals surface area contributed by atoms with Crippen LogP contribution in [0.5, 0.6) is 0 Å². The Morgan fingerprint density at radius 3 is 2.57 bits per heavy atom. The Balaban J connectivity index is 1.97. The molecule has 1 heterocycles. The van der Waals surface area contributed by atoms with Crippen molar-refractivity contribution in [3.63, 3.8) is 0 Å². The van der Waals surface area contributed by atoms with Crippen molar-refractivity contribution in [2.24, 2.45) is 0 Å². The smallest absolute Gasteiger partial charge is 0.242 e. The Morgan fingerprint density at radius 1 is 1.30 bits per heavy atom. The van der Waals surface area contributed by atoms with Gasteiger partial charge in [-0.2, -0.15) is 0 Å². The van der Waals surface area contributed by atoms with Crippen molar-refractivity contribution in [3.8, 4) is 0 Å². The number of hydrogen-bond acceptors (Lipinski definition) is 4. The van der Waals surface area contributed by atoms with Crippen LogP contribution in [-0.4, -0.2) is 48.6 Å². The van der Waals surface area contributed by atoms with Gasteiger partial charge in [0.25, 0.3) is 0 Å². The molecule has 1 aliphatic rings. The van der Waals surface area contributed by atoms with Gasteiger partial charge >= 0.3 is 0 Å². The topological polar surface area (TPSA) is 70.7 Å². The summed E-state index contributed by atoms with van der Waals surface area (Å²) >= 11 is 6.13. The third-order valence-corrected chi connectivity index (χ3v) is 3.82. The van der Waals surface area contributed by atoms with Crippen LogP contribution in [0.1, 0.15) is 20.8 Å². The number of anilines is 2. The van der Waals surface area contributed by atoms with Crippen molar-refractivity contribution < 1.29 is 14.3 Å². The number of morpholine rings is 1. The minimum atomic E-state index is -0.161. The average Bonchev–Trinajstić information content (AvgIpc) is 2.46. The molecule has 0 spiro atoms. The molecule has 2 unspecified atom stereocenters. The molecule has 2 amide bonds. The summed E-state index contributed by atoms with van der Waals surface area (Å²) < 4.78 is 5.63. The maximum absolute atomic E-state index is 12.3. The molecule has 1 aromatic carbocycles. The summed E-state index contributed by atoms with van der Waals surface area (Å²) in [5, 5.41) is 6.22. The van der Waals surface area contributed by atoms with Gasteiger partial charge in [-0.15, -0.1) is 0 Å². The van der Waals surface area contributed by atoms with E-state index in [0.29, 0.717) is 29.5 Å². The van der Waals surface area contributed by atoms with E-state index in [1.807, 2.05) is 13.8 Å². The van der Waals surface area contributed by atoms with Crippen molar-refractivity contribution in [2.45, 2.75) is 33.0 Å². The molecule has 6 nitrogen and oxygen atoms in total. The van der Waals surface area contributed by atoms with Gasteiger partial charge in [0, 0.05) is 25.7 Å². The maximum atomic E-state index is 12.3. The summed E-state index contributed by atoms with van der Waals surface area (Å²) in [5.41, 5.74) is 1.24. The van der Waals surface area contributed by atoms with Crippen LogP contribution in [0, 0.1) is 0 Å². The minimum absolute atomic E-state index is 0.00648. The van der Waals surface area contributed by atoms with Crippen LogP contribution in [0.4, 0.5) is 11.4 Å². The Kier molecular flexibility index (Phi) is 5.85. The van der Waals surface area contributed by atoms with Crippen molar-refractivity contribution >= 4 is 34.8 Å². The predicted octanol–water partition coefficient (Wildman–Crippen LogP) is 2.35. The monoisotopic (exact) mass is 339 g/mol. The lowest BCUT2D eigenvalue weighted by Gasteiger charge is -2.35. The molecule has 7 heteroatoms. The van der Waals surface area contributed by atoms with E-state index >= 15 is 0 Å². The van der Waals surface area contributed by atoms with E-state index in [2.05, 4.69) is 10.6 Å². The number of carbonyl (C=O) groups excluding carboxylic acids is 2. The summed E-state index contributed by atoms with van der Waals surface area (Å²) in [6.07, 6.45) is 0.0729. The van der Waals surface area contributed by atoms with E-state index in [1.165, 1.54) is 6.92 Å². The lowest BCUT2D eigenvalue weighted by molar-refractivity contribution is -0.141. The van der Waals surface area contributed by atoms with Gasteiger partial charge in [-0.05, 0) is 32.0 Å². The number of halogens is 1. The van der Waals surface area contributed by atoms with E-state index in [0.717, 1.165) is 0 Å². The SMILES string of the molecule is CC(=O)Nc1ccc(Cl)c(NCC(=O)N2CC(C)OC(C)C2)c1. The zero-order valence-corrected chi connectivity index (χ0v) is 14.3. The summed E-state index contributed by atoms with van der Waals surface area (Å²) in [4.78, 5) is 25.2. The normalized spacial score (nSPS) is 21.0. The number of carbonyl (C=O) groups is 2. The van der Waals surface area contributed by atoms with Crippen LogP contribution in [0.3, 0.4) is 0 Å². The Hall–Kier alpha value is -1.79. The standard InChI is InChI=1S/C16H22ClN3O3/c1-10-8-20(9-11(2)23-10)16(22)7-18-15-6-13(19-12(3)21)4-5-14(15)17/h4-6,10-11,18H,7-9H2,1-3H3,(H,19,21). The molecule has 1 aromatic rings. The summed E-state index contributed by atoms with van der Waals surface area (Å²) in [6.45, 7) is 6.66. The number of amides is 2. The zero-order valence-electron chi connectivity index (χ0n) is 13.6. The molecule has 0 radical (unpaired) electrons. The van der Waals surface area contributed by atoms with E-state index < -0.39 is 0 Å². The van der Waals surface area contributed by atoms with E-state index in [-0.39, 0.29) is 30.6 Å². The van der Waals surface area contributed by atoms with Crippen LogP contribution >= 0.6 is 11.6 Å². The summed E-state index contributed by atoms with van der Waals surface area (Å²) in [7, 11) is 0. The first-order valence-corrected chi connectivity index (χ1v) is 7.97. The molecular formula is C16H22ClN3O3. The Labute approximate surface area is 141 Å². The number of benzene rings is 1. The predicted molar refractivity (Wildman–Crippen MR) is 90.8 cm³/mol. The van der Waals surface area contributed by atoms with E-state index in [1.54, 1.807) is 23.1 Å². The molecule has 126 valence electrons. The molecule has 1 fully saturated rings. The number of ether oxygens (including phenoxy) is 1. The van der Waals surface area contributed by atoms with Crippen molar-refractivity contribution in [3.05, 3.63) is 23.2 Å². The number of nitrogens with one attached hydrogen (secondary N) is 2. The molecule has 2 N–H and O–H groups in total. The minimum Gasteiger partial charge on any atom is -0.375 e. The molecular weight excluding hydrogens is 318 g/mol. The fraction of sp³-hybridized carbons (Fsp3) is 0.500. The van der Waals surface area contributed by atoms with E-state index in [9.17, 15) is 9.59 Å². The molecule has 0 bridgehead atoms. The average molecular weight is 340 g/mol. The summed E-state index contributed by atoms with van der Waals surface area (Å²) in [5.74, 6) is -0.168. The second-order valence-electron chi connectivity index (χ2n) is 5.79. The van der Waals surface area contributed by atoms with Crippen LogP contribution in [-0.2, 0) is 14.3 Å². The van der Waals surface area contributed by atoms with Gasteiger partial charge < -0.3 is 20.3 Å². The molecule has 2 rings (SSSR count). The van der Waals surface area contributed by atoms with E-state index in [4.69, 9.17) is 16.3 Å². The van der Waals surface area contributed by atoms with Gasteiger partial charge in [0.1, 0.15) is 0 Å². The van der Waals surface area contributed by atoms with Gasteiger partial charge in [-0.3, -0.25) is 9.59 Å². The molecule has 0 aliphatic carbocycles. The molecule has 2 atom stereocenters. The fourth-order valence-corrected chi connectivity index (χ4v) is 2.79. The zero-order chi connectivity index (χ0) is 17.0. The quantitative estimate of drug-likeness (QED) is 0.883. The lowest BCUT2D eigenvalue weighted by atomic mass is 10.2. The van der Waals surface area contributed by atoms with Crippen molar-refractivity contribution in [1.29, 1.82) is 0 Å². The van der Waals surface area contributed by atoms with Gasteiger partial charge in [0.05, 0.1) is 29.5 Å². The Morgan fingerprint density at radius 2 is 1.96 bits per heavy atom. The van der Waals surface area contributed by atoms with Crippen LogP contribution < -0.4 is 10.6 Å². The van der Waals surface area contributed by atoms with Gasteiger partial charge in [-0.1, -0.05) is 11.6 Å². The first-order chi connectivity index (χ1) is 10.8. The second-order valence-corrected chi connectivity index (χ2v) is 6.19. The summed E-state index contributed by atoms with van der Waals surface area (Å²) in [6, 6.07) is 5.10. The van der Waals surface area contributed by atoms with Crippen LogP contribution in [0.2, 0.25) is 5.02 Å². The number of rotatable bonds is 4. The second kappa shape index (κ2) is 7.66. The first kappa shape index (κ1) is 17.6. The molecule has 0 aromatic heterocycles. The highest BCUT2D eigenvalue weighted by molar-refractivity contribution is 6.33. The highest BCUT2D eigenvalue weighted by atomic mass is 35.5. The molecule has 1 aliphatic heterocycles. The largest absolute Gasteiger partial charge is 0.375 e. The van der Waals surface area contributed by atoms with Crippen LogP contribution in [0.15, 0.2) is 18.2 Å². The molecule has 0 saturated carbocycles. The fourth-order valence-electron chi connectivity index (χ4n) is 2.61. The first-order valence-electron chi connectivity index (χ1n) is 7.59. The Bertz CT molecular complexity index is 584. The molecule has 1 saturated heterocycles. The highest BCUT2D eigenvalue weighted by Crippen LogP contribution is 2.25. The van der Waals surface area contributed by atoms with Gasteiger partial charge in [0.15, 0.2) is 0 Å².